The summed E-state index contributed by atoms with van der Waals surface area (Å²) in [5.74, 6) is 0.666. The number of alkyl halides is 3. The molecular weight excluding hydrogens is 437 g/mol. The van der Waals surface area contributed by atoms with Crippen molar-refractivity contribution in [3.8, 4) is 17.0 Å². The molecule has 0 saturated carbocycles. The summed E-state index contributed by atoms with van der Waals surface area (Å²) < 4.78 is 53.0. The number of hydrogen-bond donors (Lipinski definition) is 0. The van der Waals surface area contributed by atoms with Crippen LogP contribution < -0.4 is 4.74 Å². The van der Waals surface area contributed by atoms with E-state index in [4.69, 9.17) is 9.15 Å². The number of rotatable bonds is 4. The number of carbonyl (C=O) groups excluding carboxylic acids is 1. The molecule has 1 aromatic carbocycles. The Morgan fingerprint density at radius 3 is 2.76 bits per heavy atom. The predicted octanol–water partition coefficient (Wildman–Crippen LogP) is 4.99. The van der Waals surface area contributed by atoms with Crippen molar-refractivity contribution in [1.82, 2.24) is 19.5 Å². The second kappa shape index (κ2) is 7.95. The van der Waals surface area contributed by atoms with Crippen molar-refractivity contribution in [2.24, 2.45) is 0 Å². The number of ether oxygens (including phenoxy) is 1. The summed E-state index contributed by atoms with van der Waals surface area (Å²) in [5, 5.41) is 4.00. The van der Waals surface area contributed by atoms with Crippen molar-refractivity contribution in [2.45, 2.75) is 25.1 Å². The first kappa shape index (κ1) is 21.0. The lowest BCUT2D eigenvalue weighted by Crippen LogP contribution is -2.30. The van der Waals surface area contributed by atoms with Gasteiger partial charge in [-0.3, -0.25) is 4.79 Å². The van der Waals surface area contributed by atoms with Crippen LogP contribution >= 0.6 is 0 Å². The Kier molecular flexibility index (Phi) is 5.07. The van der Waals surface area contributed by atoms with Gasteiger partial charge >= 0.3 is 6.18 Å². The maximum atomic E-state index is 13.9. The van der Waals surface area contributed by atoms with E-state index in [1.54, 1.807) is 41.3 Å². The number of hydrogen-bond acceptors (Lipinski definition) is 5. The smallest absolute Gasteiger partial charge is 0.433 e. The van der Waals surface area contributed by atoms with Crippen LogP contribution in [0.25, 0.3) is 16.9 Å². The van der Waals surface area contributed by atoms with Crippen LogP contribution in [0.1, 0.15) is 40.8 Å². The quantitative estimate of drug-likeness (QED) is 0.433. The van der Waals surface area contributed by atoms with E-state index in [1.165, 1.54) is 19.4 Å². The number of benzene rings is 1. The summed E-state index contributed by atoms with van der Waals surface area (Å²) >= 11 is 0. The van der Waals surface area contributed by atoms with Gasteiger partial charge in [-0.1, -0.05) is 12.1 Å². The van der Waals surface area contributed by atoms with Gasteiger partial charge in [0.25, 0.3) is 5.91 Å². The van der Waals surface area contributed by atoms with Crippen molar-refractivity contribution < 1.29 is 27.1 Å². The molecule has 4 aromatic rings. The maximum Gasteiger partial charge on any atom is 0.433 e. The van der Waals surface area contributed by atoms with Crippen molar-refractivity contribution >= 4 is 11.6 Å². The lowest BCUT2D eigenvalue weighted by Gasteiger charge is -2.22. The number of carbonyl (C=O) groups is 1. The molecule has 0 radical (unpaired) electrons. The highest BCUT2D eigenvalue weighted by atomic mass is 19.4. The van der Waals surface area contributed by atoms with Gasteiger partial charge in [0, 0.05) is 18.2 Å². The molecule has 0 N–H and O–H groups in total. The van der Waals surface area contributed by atoms with Crippen LogP contribution in [0.3, 0.4) is 0 Å². The molecule has 10 heteroatoms. The van der Waals surface area contributed by atoms with Crippen molar-refractivity contribution in [2.75, 3.05) is 13.7 Å². The Balaban J connectivity index is 1.58. The van der Waals surface area contributed by atoms with Gasteiger partial charge < -0.3 is 14.1 Å². The predicted molar refractivity (Wildman–Crippen MR) is 112 cm³/mol. The van der Waals surface area contributed by atoms with E-state index >= 15 is 0 Å². The number of nitrogens with zero attached hydrogens (tertiary/aromatic N) is 4. The topological polar surface area (TPSA) is 72.9 Å². The summed E-state index contributed by atoms with van der Waals surface area (Å²) in [4.78, 5) is 19.1. The first-order chi connectivity index (χ1) is 15.8. The fourth-order valence-electron chi connectivity index (χ4n) is 4.14. The van der Waals surface area contributed by atoms with Crippen LogP contribution in [0, 0.1) is 0 Å². The van der Waals surface area contributed by atoms with Gasteiger partial charge in [-0.15, -0.1) is 0 Å². The average molecular weight is 456 g/mol. The van der Waals surface area contributed by atoms with E-state index in [9.17, 15) is 18.0 Å². The normalized spacial score (nSPS) is 16.5. The molecular formula is C23H19F3N4O3. The van der Waals surface area contributed by atoms with E-state index in [2.05, 4.69) is 10.1 Å². The number of amides is 1. The largest absolute Gasteiger partial charge is 0.497 e. The second-order valence-corrected chi connectivity index (χ2v) is 7.73. The zero-order valence-electron chi connectivity index (χ0n) is 17.5. The van der Waals surface area contributed by atoms with Crippen molar-refractivity contribution in [3.05, 3.63) is 71.9 Å². The number of methoxy groups -OCH3 is 1. The molecule has 1 amide bonds. The van der Waals surface area contributed by atoms with E-state index in [0.29, 0.717) is 34.6 Å². The summed E-state index contributed by atoms with van der Waals surface area (Å²) in [6.45, 7) is 0.465. The summed E-state index contributed by atoms with van der Waals surface area (Å²) in [6.07, 6.45) is -1.71. The highest BCUT2D eigenvalue weighted by Gasteiger charge is 2.37. The number of halogens is 3. The van der Waals surface area contributed by atoms with Gasteiger partial charge in [0.15, 0.2) is 17.0 Å². The fourth-order valence-corrected chi connectivity index (χ4v) is 4.14. The number of likely N-dealkylation sites (tertiary alicyclic amines) is 1. The molecule has 1 aliphatic rings. The van der Waals surface area contributed by atoms with Gasteiger partial charge in [0.1, 0.15) is 11.5 Å². The van der Waals surface area contributed by atoms with Crippen LogP contribution in [-0.2, 0) is 6.18 Å². The molecule has 33 heavy (non-hydrogen) atoms. The van der Waals surface area contributed by atoms with Gasteiger partial charge in [0.05, 0.1) is 25.1 Å². The Bertz CT molecular complexity index is 1310. The molecule has 0 bridgehead atoms. The molecule has 1 saturated heterocycles. The second-order valence-electron chi connectivity index (χ2n) is 7.73. The lowest BCUT2D eigenvalue weighted by atomic mass is 10.1. The third kappa shape index (κ3) is 3.81. The first-order valence-corrected chi connectivity index (χ1v) is 10.3. The van der Waals surface area contributed by atoms with E-state index in [0.717, 1.165) is 12.5 Å². The van der Waals surface area contributed by atoms with Gasteiger partial charge in [-0.25, -0.2) is 9.50 Å². The molecule has 5 rings (SSSR count). The third-order valence-corrected chi connectivity index (χ3v) is 5.69. The zero-order valence-corrected chi connectivity index (χ0v) is 17.5. The lowest BCUT2D eigenvalue weighted by molar-refractivity contribution is -0.142. The summed E-state index contributed by atoms with van der Waals surface area (Å²) in [6, 6.07) is 12.0. The summed E-state index contributed by atoms with van der Waals surface area (Å²) in [7, 11) is 1.47. The molecule has 1 aliphatic heterocycles. The van der Waals surface area contributed by atoms with E-state index in [-0.39, 0.29) is 23.1 Å². The minimum atomic E-state index is -4.70. The fraction of sp³-hybridized carbons (Fsp3) is 0.261. The van der Waals surface area contributed by atoms with Crippen LogP contribution in [0.4, 0.5) is 13.2 Å². The van der Waals surface area contributed by atoms with Crippen molar-refractivity contribution in [3.63, 3.8) is 0 Å². The standard InChI is InChI=1S/C23H19F3N4O3/c1-32-15-6-2-5-14(11-15)16-12-20(23(24,25)26)30-21(27-16)13-17(28-30)22(31)29-9-3-7-18(29)19-8-4-10-33-19/h2,4-6,8,10-13,18H,3,7,9H2,1H3/t18-/m0/s1. The van der Waals surface area contributed by atoms with Crippen LogP contribution in [0.5, 0.6) is 5.75 Å². The number of fused-ring (bicyclic) bond motifs is 1. The van der Waals surface area contributed by atoms with E-state index < -0.39 is 17.8 Å². The molecule has 1 atom stereocenters. The number of aromatic nitrogens is 3. The Morgan fingerprint density at radius 2 is 2.03 bits per heavy atom. The average Bonchev–Trinajstić information content (AvgIpc) is 3.57. The van der Waals surface area contributed by atoms with Crippen LogP contribution in [0.15, 0.2) is 59.2 Å². The van der Waals surface area contributed by atoms with Crippen LogP contribution in [0.2, 0.25) is 0 Å². The zero-order chi connectivity index (χ0) is 23.2. The first-order valence-electron chi connectivity index (χ1n) is 10.3. The Labute approximate surface area is 186 Å². The monoisotopic (exact) mass is 456 g/mol. The Hall–Kier alpha value is -3.82. The SMILES string of the molecule is COc1cccc(-c2cc(C(F)(F)F)n3nc(C(=O)N4CCC[C@H]4c4ccco4)cc3n2)c1. The van der Waals surface area contributed by atoms with Crippen molar-refractivity contribution in [1.29, 1.82) is 0 Å². The minimum Gasteiger partial charge on any atom is -0.497 e. The molecule has 7 nitrogen and oxygen atoms in total. The van der Waals surface area contributed by atoms with Gasteiger partial charge in [0.2, 0.25) is 0 Å². The highest BCUT2D eigenvalue weighted by molar-refractivity contribution is 5.94. The third-order valence-electron chi connectivity index (χ3n) is 5.69. The van der Waals surface area contributed by atoms with Crippen LogP contribution in [-0.4, -0.2) is 39.1 Å². The molecule has 0 unspecified atom stereocenters. The molecule has 0 spiro atoms. The maximum absolute atomic E-state index is 13.9. The minimum absolute atomic E-state index is 0.0697. The molecule has 4 heterocycles. The number of furan rings is 1. The molecule has 1 fully saturated rings. The Morgan fingerprint density at radius 1 is 1.18 bits per heavy atom. The van der Waals surface area contributed by atoms with E-state index in [1.807, 2.05) is 0 Å². The molecule has 3 aromatic heterocycles. The summed E-state index contributed by atoms with van der Waals surface area (Å²) in [5.41, 5.74) is -0.640. The molecule has 0 aliphatic carbocycles. The molecule has 170 valence electrons. The van der Waals surface area contributed by atoms with Gasteiger partial charge in [-0.05, 0) is 43.2 Å². The van der Waals surface area contributed by atoms with Gasteiger partial charge in [-0.2, -0.15) is 18.3 Å². The highest BCUT2D eigenvalue weighted by Crippen LogP contribution is 2.35.